The van der Waals surface area contributed by atoms with E-state index in [0.717, 1.165) is 25.1 Å². The van der Waals surface area contributed by atoms with Crippen LogP contribution in [-0.2, 0) is 4.79 Å². The molecule has 2 N–H and O–H groups in total. The predicted molar refractivity (Wildman–Crippen MR) is 75.0 cm³/mol. The molecule has 1 aliphatic rings. The normalized spacial score (nSPS) is 23.0. The van der Waals surface area contributed by atoms with Crippen LogP contribution in [0.5, 0.6) is 0 Å². The van der Waals surface area contributed by atoms with E-state index in [1.54, 1.807) is 6.07 Å². The average molecular weight is 301 g/mol. The summed E-state index contributed by atoms with van der Waals surface area (Å²) in [5, 5.41) is 11.7. The third-order valence-corrected chi connectivity index (χ3v) is 3.99. The van der Waals surface area contributed by atoms with Crippen molar-refractivity contribution in [3.05, 3.63) is 34.6 Å². The average Bonchev–Trinajstić information content (AvgIpc) is 2.84. The first kappa shape index (κ1) is 15.2. The van der Waals surface area contributed by atoms with Gasteiger partial charge in [-0.3, -0.25) is 9.69 Å². The molecule has 1 amide bonds. The van der Waals surface area contributed by atoms with Crippen molar-refractivity contribution in [3.8, 4) is 0 Å². The van der Waals surface area contributed by atoms with Gasteiger partial charge in [0.1, 0.15) is 12.4 Å². The number of amides is 1. The number of rotatable bonds is 4. The minimum absolute atomic E-state index is 0.0886. The molecule has 2 rings (SSSR count). The van der Waals surface area contributed by atoms with Crippen LogP contribution in [0.15, 0.2) is 18.2 Å². The number of aliphatic hydroxyl groups excluding tert-OH is 1. The molecular weight excluding hydrogens is 283 g/mol. The molecule has 0 spiro atoms. The Hall–Kier alpha value is -1.17. The topological polar surface area (TPSA) is 52.6 Å². The third-order valence-electron chi connectivity index (χ3n) is 3.68. The summed E-state index contributed by atoms with van der Waals surface area (Å²) in [4.78, 5) is 13.6. The van der Waals surface area contributed by atoms with Crippen molar-refractivity contribution < 1.29 is 14.3 Å². The number of likely N-dealkylation sites (N-methyl/N-ethyl adjacent to an activating group) is 1. The zero-order valence-electron chi connectivity index (χ0n) is 11.3. The molecule has 0 radical (unpaired) electrons. The highest BCUT2D eigenvalue weighted by molar-refractivity contribution is 6.30. The van der Waals surface area contributed by atoms with Gasteiger partial charge < -0.3 is 10.4 Å². The van der Waals surface area contributed by atoms with Gasteiger partial charge in [0.05, 0.1) is 11.1 Å². The molecule has 110 valence electrons. The van der Waals surface area contributed by atoms with Gasteiger partial charge in [0.15, 0.2) is 0 Å². The van der Waals surface area contributed by atoms with Crippen molar-refractivity contribution in [1.29, 1.82) is 0 Å². The Bertz CT molecular complexity index is 498. The van der Waals surface area contributed by atoms with Gasteiger partial charge in [-0.25, -0.2) is 4.39 Å². The van der Waals surface area contributed by atoms with E-state index in [4.69, 9.17) is 16.7 Å². The summed E-state index contributed by atoms with van der Waals surface area (Å²) in [6.45, 7) is 3.11. The van der Waals surface area contributed by atoms with Crippen LogP contribution < -0.4 is 5.32 Å². The lowest BCUT2D eigenvalue weighted by Gasteiger charge is -2.28. The number of nitrogens with zero attached hydrogens (tertiary/aromatic N) is 1. The quantitative estimate of drug-likeness (QED) is 0.890. The molecule has 1 fully saturated rings. The molecule has 6 heteroatoms. The number of carbonyl (C=O) groups excluding carboxylic acids is 1. The van der Waals surface area contributed by atoms with Crippen LogP contribution in [0.25, 0.3) is 0 Å². The van der Waals surface area contributed by atoms with E-state index in [1.165, 1.54) is 12.1 Å². The molecule has 0 bridgehead atoms. The highest BCUT2D eigenvalue weighted by Crippen LogP contribution is 2.33. The summed E-state index contributed by atoms with van der Waals surface area (Å²) < 4.78 is 13.6. The number of halogens is 2. The van der Waals surface area contributed by atoms with E-state index in [-0.39, 0.29) is 17.1 Å². The molecule has 20 heavy (non-hydrogen) atoms. The molecule has 1 saturated heterocycles. The molecule has 2 unspecified atom stereocenters. The van der Waals surface area contributed by atoms with Crippen molar-refractivity contribution >= 4 is 17.5 Å². The van der Waals surface area contributed by atoms with Gasteiger partial charge >= 0.3 is 0 Å². The fourth-order valence-corrected chi connectivity index (χ4v) is 2.87. The van der Waals surface area contributed by atoms with Crippen molar-refractivity contribution in [1.82, 2.24) is 10.2 Å². The van der Waals surface area contributed by atoms with E-state index in [1.807, 2.05) is 6.92 Å². The number of hydrogen-bond acceptors (Lipinski definition) is 3. The van der Waals surface area contributed by atoms with Gasteiger partial charge in [-0.05, 0) is 30.7 Å². The van der Waals surface area contributed by atoms with E-state index < -0.39 is 18.3 Å². The molecular formula is C14H18ClFN2O2. The molecule has 1 aromatic rings. The minimum Gasteiger partial charge on any atom is -0.387 e. The Morgan fingerprint density at radius 2 is 2.35 bits per heavy atom. The molecule has 1 aliphatic heterocycles. The first-order valence-electron chi connectivity index (χ1n) is 6.66. The van der Waals surface area contributed by atoms with Crippen LogP contribution in [-0.4, -0.2) is 41.7 Å². The van der Waals surface area contributed by atoms with Gasteiger partial charge in [0.25, 0.3) is 0 Å². The van der Waals surface area contributed by atoms with Crippen LogP contribution in [0.2, 0.25) is 5.02 Å². The molecule has 1 aromatic carbocycles. The minimum atomic E-state index is -0.537. The van der Waals surface area contributed by atoms with Crippen LogP contribution in [0.4, 0.5) is 4.39 Å². The Labute approximate surface area is 122 Å². The highest BCUT2D eigenvalue weighted by Gasteiger charge is 2.35. The van der Waals surface area contributed by atoms with Crippen LogP contribution >= 0.6 is 11.6 Å². The second-order valence-electron chi connectivity index (χ2n) is 4.87. The lowest BCUT2D eigenvalue weighted by molar-refractivity contribution is -0.124. The third kappa shape index (κ3) is 3.11. The maximum Gasteiger partial charge on any atom is 0.245 e. The largest absolute Gasteiger partial charge is 0.387 e. The second-order valence-corrected chi connectivity index (χ2v) is 5.27. The van der Waals surface area contributed by atoms with Crippen LogP contribution in [0.1, 0.15) is 24.9 Å². The van der Waals surface area contributed by atoms with Gasteiger partial charge in [-0.2, -0.15) is 0 Å². The molecule has 2 atom stereocenters. The Kier molecular flexibility index (Phi) is 4.96. The van der Waals surface area contributed by atoms with Crippen molar-refractivity contribution in [3.63, 3.8) is 0 Å². The van der Waals surface area contributed by atoms with Crippen LogP contribution in [0, 0.1) is 5.82 Å². The summed E-state index contributed by atoms with van der Waals surface area (Å²) in [7, 11) is 0. The first-order valence-corrected chi connectivity index (χ1v) is 7.03. The van der Waals surface area contributed by atoms with Crippen LogP contribution in [0.3, 0.4) is 0 Å². The lowest BCUT2D eigenvalue weighted by Crippen LogP contribution is -2.40. The monoisotopic (exact) mass is 300 g/mol. The smallest absolute Gasteiger partial charge is 0.245 e. The summed E-state index contributed by atoms with van der Waals surface area (Å²) in [6, 6.07) is 4.50. The van der Waals surface area contributed by atoms with E-state index in [2.05, 4.69) is 10.2 Å². The number of carbonyl (C=O) groups is 1. The first-order chi connectivity index (χ1) is 9.56. The summed E-state index contributed by atoms with van der Waals surface area (Å²) in [5.41, 5.74) is 0.787. The zero-order valence-corrected chi connectivity index (χ0v) is 12.0. The van der Waals surface area contributed by atoms with Crippen molar-refractivity contribution in [2.75, 3.05) is 19.7 Å². The number of nitrogens with one attached hydrogen (secondary N) is 1. The molecule has 1 heterocycles. The lowest BCUT2D eigenvalue weighted by atomic mass is 9.99. The molecule has 0 aromatic heterocycles. The number of aliphatic hydroxyl groups is 1. The molecule has 4 nitrogen and oxygen atoms in total. The maximum absolute atomic E-state index is 13.6. The van der Waals surface area contributed by atoms with Gasteiger partial charge in [-0.15, -0.1) is 0 Å². The highest BCUT2D eigenvalue weighted by atomic mass is 35.5. The Morgan fingerprint density at radius 1 is 1.60 bits per heavy atom. The predicted octanol–water partition coefficient (Wildman–Crippen LogP) is 1.72. The van der Waals surface area contributed by atoms with Gasteiger partial charge in [0, 0.05) is 12.6 Å². The zero-order chi connectivity index (χ0) is 14.7. The van der Waals surface area contributed by atoms with E-state index >= 15 is 0 Å². The van der Waals surface area contributed by atoms with Crippen molar-refractivity contribution in [2.24, 2.45) is 0 Å². The van der Waals surface area contributed by atoms with Crippen molar-refractivity contribution in [2.45, 2.75) is 25.4 Å². The fourth-order valence-electron chi connectivity index (χ4n) is 2.75. The summed E-state index contributed by atoms with van der Waals surface area (Å²) >= 11 is 5.71. The second kappa shape index (κ2) is 6.52. The number of likely N-dealkylation sites (tertiary alicyclic amines) is 1. The number of hydrogen-bond donors (Lipinski definition) is 2. The Morgan fingerprint density at radius 3 is 2.95 bits per heavy atom. The Balaban J connectivity index is 2.26. The summed E-state index contributed by atoms with van der Waals surface area (Å²) in [6.07, 6.45) is 0.772. The van der Waals surface area contributed by atoms with E-state index in [0.29, 0.717) is 0 Å². The van der Waals surface area contributed by atoms with Gasteiger partial charge in [-0.1, -0.05) is 24.6 Å². The number of benzene rings is 1. The fraction of sp³-hybridized carbons (Fsp3) is 0.500. The summed E-state index contributed by atoms with van der Waals surface area (Å²) in [5.74, 6) is -0.869. The molecule has 0 saturated carbocycles. The molecule has 0 aliphatic carbocycles. The van der Waals surface area contributed by atoms with E-state index in [9.17, 15) is 9.18 Å². The standard InChI is InChI=1S/C14H18ClFN2O2/c1-2-18-6-5-12(17-13(20)8-19)14(18)9-3-4-10(15)11(16)7-9/h3-4,7,12,14,19H,2,5-6,8H2,1H3,(H,17,20). The SMILES string of the molecule is CCN1CCC(NC(=O)CO)C1c1ccc(Cl)c(F)c1. The van der Waals surface area contributed by atoms with Gasteiger partial charge in [0.2, 0.25) is 5.91 Å². The maximum atomic E-state index is 13.6.